The molecule has 3 rings (SSSR count). The molecule has 0 fully saturated rings. The predicted molar refractivity (Wildman–Crippen MR) is 110 cm³/mol. The van der Waals surface area contributed by atoms with Crippen molar-refractivity contribution in [1.29, 1.82) is 0 Å². The van der Waals surface area contributed by atoms with Crippen LogP contribution in [0, 0.1) is 35.1 Å². The van der Waals surface area contributed by atoms with E-state index in [4.69, 9.17) is 0 Å². The standard InChI is InChI=1S/C25H15F9O/c1-2-3-14-4-6-15(7-5-14)16-10-21(28)23(22(29)11-16)25(33,34)35-17-12-19(26)18(20(27)13-17)8-9-24(30,31)32/h4-7,10-13H,2-3H2,1H3. The third-order valence-corrected chi connectivity index (χ3v) is 4.75. The van der Waals surface area contributed by atoms with Gasteiger partial charge in [0, 0.05) is 18.1 Å². The Balaban J connectivity index is 1.91. The van der Waals surface area contributed by atoms with Crippen LogP contribution >= 0.6 is 0 Å². The van der Waals surface area contributed by atoms with Crippen molar-refractivity contribution >= 4 is 0 Å². The monoisotopic (exact) mass is 502 g/mol. The zero-order valence-corrected chi connectivity index (χ0v) is 17.8. The summed E-state index contributed by atoms with van der Waals surface area (Å²) in [4.78, 5) is 0. The largest absolute Gasteiger partial charge is 0.458 e. The van der Waals surface area contributed by atoms with Crippen LogP contribution in [0.25, 0.3) is 11.1 Å². The molecule has 0 unspecified atom stereocenters. The third kappa shape index (κ3) is 6.29. The van der Waals surface area contributed by atoms with E-state index in [2.05, 4.69) is 4.74 Å². The van der Waals surface area contributed by atoms with E-state index >= 15 is 0 Å². The maximum absolute atomic E-state index is 14.6. The fourth-order valence-corrected chi connectivity index (χ4v) is 3.23. The Kier molecular flexibility index (Phi) is 7.38. The lowest BCUT2D eigenvalue weighted by atomic mass is 10.00. The average Bonchev–Trinajstić information content (AvgIpc) is 2.72. The maximum atomic E-state index is 14.6. The lowest BCUT2D eigenvalue weighted by Crippen LogP contribution is -2.25. The van der Waals surface area contributed by atoms with Gasteiger partial charge >= 0.3 is 12.3 Å². The fraction of sp³-hybridized carbons (Fsp3) is 0.200. The first kappa shape index (κ1) is 26.0. The second-order valence-corrected chi connectivity index (χ2v) is 7.39. The molecular weight excluding hydrogens is 487 g/mol. The van der Waals surface area contributed by atoms with Crippen molar-refractivity contribution < 1.29 is 44.3 Å². The van der Waals surface area contributed by atoms with E-state index in [1.165, 1.54) is 5.92 Å². The van der Waals surface area contributed by atoms with Crippen LogP contribution in [0.5, 0.6) is 5.75 Å². The Labute approximate surface area is 194 Å². The summed E-state index contributed by atoms with van der Waals surface area (Å²) < 4.78 is 127. The van der Waals surface area contributed by atoms with Crippen LogP contribution in [-0.2, 0) is 12.5 Å². The van der Waals surface area contributed by atoms with Crippen LogP contribution in [0.15, 0.2) is 48.5 Å². The van der Waals surface area contributed by atoms with Gasteiger partial charge in [0.05, 0.1) is 5.56 Å². The summed E-state index contributed by atoms with van der Waals surface area (Å²) in [6.07, 6.45) is -8.12. The minimum absolute atomic E-state index is 0.0349. The molecule has 0 aliphatic rings. The number of alkyl halides is 5. The van der Waals surface area contributed by atoms with Crippen LogP contribution in [0.1, 0.15) is 30.0 Å². The number of hydrogen-bond acceptors (Lipinski definition) is 1. The quantitative estimate of drug-likeness (QED) is 0.246. The molecule has 35 heavy (non-hydrogen) atoms. The molecule has 0 spiro atoms. The lowest BCUT2D eigenvalue weighted by Gasteiger charge is -2.20. The van der Waals surface area contributed by atoms with Crippen LogP contribution in [0.3, 0.4) is 0 Å². The SMILES string of the molecule is CCCc1ccc(-c2cc(F)c(C(F)(F)Oc3cc(F)c(C#CC(F)(F)F)c(F)c3)c(F)c2)cc1. The van der Waals surface area contributed by atoms with Crippen molar-refractivity contribution in [2.45, 2.75) is 32.1 Å². The molecule has 1 nitrogen and oxygen atoms in total. The van der Waals surface area contributed by atoms with Gasteiger partial charge in [0.15, 0.2) is 0 Å². The van der Waals surface area contributed by atoms with Gasteiger partial charge in [-0.1, -0.05) is 43.5 Å². The summed E-state index contributed by atoms with van der Waals surface area (Å²) >= 11 is 0. The van der Waals surface area contributed by atoms with Crippen molar-refractivity contribution in [1.82, 2.24) is 0 Å². The average molecular weight is 502 g/mol. The molecule has 0 aliphatic heterocycles. The Morgan fingerprint density at radius 1 is 0.743 bits per heavy atom. The molecule has 0 aliphatic carbocycles. The van der Waals surface area contributed by atoms with Crippen molar-refractivity contribution in [2.24, 2.45) is 0 Å². The van der Waals surface area contributed by atoms with E-state index in [0.29, 0.717) is 23.6 Å². The first-order valence-electron chi connectivity index (χ1n) is 10.1. The third-order valence-electron chi connectivity index (χ3n) is 4.75. The number of rotatable bonds is 6. The normalized spacial score (nSPS) is 11.7. The van der Waals surface area contributed by atoms with Crippen molar-refractivity contribution in [3.05, 3.63) is 88.5 Å². The van der Waals surface area contributed by atoms with Gasteiger partial charge in [-0.2, -0.15) is 22.0 Å². The van der Waals surface area contributed by atoms with E-state index in [-0.39, 0.29) is 17.7 Å². The molecular formula is C25H15F9O. The summed E-state index contributed by atoms with van der Waals surface area (Å²) in [5.74, 6) is -6.23. The van der Waals surface area contributed by atoms with E-state index in [1.54, 1.807) is 24.3 Å². The van der Waals surface area contributed by atoms with Crippen LogP contribution in [0.4, 0.5) is 39.5 Å². The van der Waals surface area contributed by atoms with Crippen LogP contribution < -0.4 is 4.74 Å². The topological polar surface area (TPSA) is 9.23 Å². The molecule has 0 saturated carbocycles. The smallest absolute Gasteiger partial charge is 0.429 e. The number of halogens is 9. The van der Waals surface area contributed by atoms with Gasteiger partial charge in [-0.25, -0.2) is 17.6 Å². The highest BCUT2D eigenvalue weighted by Crippen LogP contribution is 2.37. The van der Waals surface area contributed by atoms with E-state index in [0.717, 1.165) is 18.4 Å². The number of aryl methyl sites for hydroxylation is 1. The number of benzene rings is 3. The highest BCUT2D eigenvalue weighted by atomic mass is 19.4. The molecule has 0 aromatic heterocycles. The van der Waals surface area contributed by atoms with Gasteiger partial charge in [-0.3, -0.25) is 0 Å². The summed E-state index contributed by atoms with van der Waals surface area (Å²) in [7, 11) is 0. The Hall–Kier alpha value is -3.61. The highest BCUT2D eigenvalue weighted by molar-refractivity contribution is 5.64. The molecule has 0 radical (unpaired) electrons. The molecule has 0 bridgehead atoms. The van der Waals surface area contributed by atoms with Gasteiger partial charge in [-0.05, 0) is 35.2 Å². The lowest BCUT2D eigenvalue weighted by molar-refractivity contribution is -0.189. The first-order chi connectivity index (χ1) is 16.3. The zero-order valence-electron chi connectivity index (χ0n) is 17.8. The Morgan fingerprint density at radius 2 is 1.29 bits per heavy atom. The van der Waals surface area contributed by atoms with Gasteiger partial charge in [0.1, 0.15) is 34.6 Å². The van der Waals surface area contributed by atoms with E-state index < -0.39 is 52.4 Å². The van der Waals surface area contributed by atoms with Crippen molar-refractivity contribution in [3.63, 3.8) is 0 Å². The molecule has 3 aromatic rings. The minimum atomic E-state index is -5.06. The van der Waals surface area contributed by atoms with Gasteiger partial charge in [0.25, 0.3) is 0 Å². The summed E-state index contributed by atoms with van der Waals surface area (Å²) in [5, 5.41) is 0. The molecule has 3 aromatic carbocycles. The fourth-order valence-electron chi connectivity index (χ4n) is 3.23. The summed E-state index contributed by atoms with van der Waals surface area (Å²) in [6, 6.07) is 8.16. The van der Waals surface area contributed by atoms with Gasteiger partial charge in [-0.15, -0.1) is 0 Å². The van der Waals surface area contributed by atoms with Gasteiger partial charge in [0.2, 0.25) is 0 Å². The minimum Gasteiger partial charge on any atom is -0.429 e. The molecule has 10 heteroatoms. The second kappa shape index (κ2) is 9.94. The first-order valence-corrected chi connectivity index (χ1v) is 10.1. The number of ether oxygens (including phenoxy) is 1. The van der Waals surface area contributed by atoms with E-state index in [1.807, 2.05) is 6.92 Å². The Morgan fingerprint density at radius 3 is 1.77 bits per heavy atom. The zero-order chi connectivity index (χ0) is 26.0. The van der Waals surface area contributed by atoms with Gasteiger partial charge < -0.3 is 4.74 Å². The molecule has 0 amide bonds. The predicted octanol–water partition coefficient (Wildman–Crippen LogP) is 7.90. The van der Waals surface area contributed by atoms with Crippen molar-refractivity contribution in [2.75, 3.05) is 0 Å². The molecule has 0 N–H and O–H groups in total. The van der Waals surface area contributed by atoms with Crippen molar-refractivity contribution in [3.8, 4) is 28.7 Å². The second-order valence-electron chi connectivity index (χ2n) is 7.39. The highest BCUT2D eigenvalue weighted by Gasteiger charge is 2.41. The van der Waals surface area contributed by atoms with E-state index in [9.17, 15) is 39.5 Å². The van der Waals surface area contributed by atoms with Crippen LogP contribution in [-0.4, -0.2) is 6.18 Å². The van der Waals surface area contributed by atoms with Crippen LogP contribution in [0.2, 0.25) is 0 Å². The maximum Gasteiger partial charge on any atom is 0.458 e. The molecule has 184 valence electrons. The summed E-state index contributed by atoms with van der Waals surface area (Å²) in [5.41, 5.74) is -1.86. The molecule has 0 atom stereocenters. The molecule has 0 saturated heterocycles. The molecule has 0 heterocycles. The number of hydrogen-bond donors (Lipinski definition) is 0. The summed E-state index contributed by atoms with van der Waals surface area (Å²) in [6.45, 7) is 1.97. The Bertz CT molecular complexity index is 1240.